The van der Waals surface area contributed by atoms with Gasteiger partial charge in [-0.2, -0.15) is 0 Å². The predicted octanol–water partition coefficient (Wildman–Crippen LogP) is 3.93. The number of hydrogen-bond acceptors (Lipinski definition) is 12. The fraction of sp³-hybridized carbons (Fsp3) is 0.500. The topological polar surface area (TPSA) is 240 Å². The van der Waals surface area contributed by atoms with Gasteiger partial charge in [0.15, 0.2) is 36.3 Å². The van der Waals surface area contributed by atoms with Gasteiger partial charge < -0.3 is 42.0 Å². The van der Waals surface area contributed by atoms with E-state index < -0.39 is 35.0 Å². The Kier molecular flexibility index (Phi) is 27.0. The minimum atomic E-state index is -0.919. The Balaban J connectivity index is -0.000000652. The molecule has 0 fully saturated rings. The number of aryl methyl sites for hydroxylation is 2. The van der Waals surface area contributed by atoms with Crippen LogP contribution >= 0.6 is 33.3 Å². The van der Waals surface area contributed by atoms with Gasteiger partial charge in [0.25, 0.3) is 0 Å². The normalized spacial score (nSPS) is 9.07. The molecule has 0 unspecified atom stereocenters. The van der Waals surface area contributed by atoms with Crippen LogP contribution in [0.5, 0.6) is 0 Å². The van der Waals surface area contributed by atoms with Crippen molar-refractivity contribution >= 4 is 56.7 Å². The zero-order chi connectivity index (χ0) is 34.8. The Labute approximate surface area is 264 Å². The molecule has 0 saturated heterocycles. The van der Waals surface area contributed by atoms with E-state index in [2.05, 4.69) is 52.7 Å². The standard InChI is InChI=1S/C11H14ClNO6.C11H15NO7.2CO.Cl2/c1-7-8(19-11(16)18-7)6-17-10(15)13(2)5-3-4-9(12)14;1-7-8(19-11(16)18-7)6-17-10(15)12(2)5-3-4-9(13)14;3*1-2/h3-6H2,1-2H3;3-6H2,1-2H3,(H,13,14);;;. The Bertz CT molecular complexity index is 1190. The average Bonchev–Trinajstić information content (AvgIpc) is 3.50. The molecule has 0 bridgehead atoms. The third-order valence-corrected chi connectivity index (χ3v) is 4.89. The molecule has 2 aromatic rings. The third kappa shape index (κ3) is 20.9. The SMILES string of the molecule is Cc1oc(=O)oc1COC(=O)N(C)CCCC(=O)Cl.Cc1oc(=O)oc1COC(=O)N(C)CCCC(=O)O.ClCl.[C-]#[O+].[C-]#[O+]. The molecular weight excluding hydrogens is 663 g/mol. The molecule has 17 nitrogen and oxygen atoms in total. The molecule has 44 heavy (non-hydrogen) atoms. The summed E-state index contributed by atoms with van der Waals surface area (Å²) in [5, 5.41) is 8.02. The molecule has 20 heteroatoms. The van der Waals surface area contributed by atoms with Crippen LogP contribution in [0.4, 0.5) is 9.59 Å². The summed E-state index contributed by atoms with van der Waals surface area (Å²) in [5.74, 6) is -1.76. The first-order chi connectivity index (χ1) is 20.8. The summed E-state index contributed by atoms with van der Waals surface area (Å²) >= 11 is 5.18. The number of carboxylic acid groups (broad SMARTS) is 1. The summed E-state index contributed by atoms with van der Waals surface area (Å²) in [5.41, 5.74) is 0. The van der Waals surface area contributed by atoms with Gasteiger partial charge in [0.1, 0.15) is 0 Å². The Hall–Kier alpha value is -3.95. The summed E-state index contributed by atoms with van der Waals surface area (Å²) in [6.45, 7) is 12.3. The van der Waals surface area contributed by atoms with Crippen molar-refractivity contribution in [3.05, 3.63) is 57.6 Å². The number of amides is 2. The number of halogens is 3. The number of carbonyl (C=O) groups is 4. The maximum atomic E-state index is 11.5. The molecule has 0 spiro atoms. The van der Waals surface area contributed by atoms with Gasteiger partial charge in [-0.15, -0.1) is 0 Å². The summed E-state index contributed by atoms with van der Waals surface area (Å²) in [6, 6.07) is 0. The van der Waals surface area contributed by atoms with E-state index in [1.807, 2.05) is 0 Å². The van der Waals surface area contributed by atoms with Crippen molar-refractivity contribution in [2.45, 2.75) is 52.7 Å². The van der Waals surface area contributed by atoms with Crippen molar-refractivity contribution in [1.82, 2.24) is 9.80 Å². The monoisotopic (exact) mass is 690 g/mol. The van der Waals surface area contributed by atoms with E-state index in [1.54, 1.807) is 0 Å². The number of rotatable bonds is 12. The van der Waals surface area contributed by atoms with E-state index in [4.69, 9.17) is 35.5 Å². The van der Waals surface area contributed by atoms with Gasteiger partial charge in [-0.1, -0.05) is 0 Å². The Morgan fingerprint density at radius 3 is 1.36 bits per heavy atom. The molecule has 0 aliphatic rings. The molecule has 0 aliphatic carbocycles. The van der Waals surface area contributed by atoms with E-state index in [0.29, 0.717) is 19.4 Å². The van der Waals surface area contributed by atoms with Crippen molar-refractivity contribution in [1.29, 1.82) is 0 Å². The second kappa shape index (κ2) is 26.7. The van der Waals surface area contributed by atoms with Gasteiger partial charge in [-0.3, -0.25) is 9.59 Å². The molecule has 2 heterocycles. The van der Waals surface area contributed by atoms with Crippen LogP contribution in [0.25, 0.3) is 0 Å². The summed E-state index contributed by atoms with van der Waals surface area (Å²) in [7, 11) is 11.2. The summed E-state index contributed by atoms with van der Waals surface area (Å²) in [6.07, 6.45) is -0.268. The van der Waals surface area contributed by atoms with E-state index in [-0.39, 0.29) is 55.6 Å². The Morgan fingerprint density at radius 2 is 1.09 bits per heavy atom. The first-order valence-corrected chi connectivity index (χ1v) is 13.2. The first kappa shape index (κ1) is 44.5. The molecule has 0 saturated carbocycles. The van der Waals surface area contributed by atoms with Crippen LogP contribution in [0.1, 0.15) is 48.7 Å². The van der Waals surface area contributed by atoms with Crippen molar-refractivity contribution < 1.29 is 60.7 Å². The minimum absolute atomic E-state index is 0.0205. The molecule has 2 aromatic heterocycles. The van der Waals surface area contributed by atoms with Gasteiger partial charge in [0, 0.05) is 61.7 Å². The number of carboxylic acids is 1. The fourth-order valence-electron chi connectivity index (χ4n) is 2.59. The molecule has 0 aliphatic heterocycles. The van der Waals surface area contributed by atoms with Crippen molar-refractivity contribution in [3.63, 3.8) is 0 Å². The molecule has 0 atom stereocenters. The maximum absolute atomic E-state index is 11.5. The molecule has 246 valence electrons. The van der Waals surface area contributed by atoms with E-state index in [0.717, 1.165) is 0 Å². The van der Waals surface area contributed by atoms with Crippen LogP contribution in [0.2, 0.25) is 0 Å². The zero-order valence-electron chi connectivity index (χ0n) is 23.8. The van der Waals surface area contributed by atoms with Crippen molar-refractivity contribution in [2.75, 3.05) is 27.2 Å². The van der Waals surface area contributed by atoms with Gasteiger partial charge in [0.05, 0.1) is 0 Å². The van der Waals surface area contributed by atoms with E-state index in [1.165, 1.54) is 37.7 Å². The molecule has 2 amide bonds. The van der Waals surface area contributed by atoms with Crippen molar-refractivity contribution in [3.8, 4) is 0 Å². The van der Waals surface area contributed by atoms with E-state index in [9.17, 15) is 28.8 Å². The van der Waals surface area contributed by atoms with Gasteiger partial charge in [-0.25, -0.2) is 19.2 Å². The summed E-state index contributed by atoms with van der Waals surface area (Å²) < 4.78 is 43.4. The molecule has 2 rings (SSSR count). The predicted molar refractivity (Wildman–Crippen MR) is 146 cm³/mol. The van der Waals surface area contributed by atoms with Crippen LogP contribution in [-0.2, 0) is 41.6 Å². The average molecular weight is 692 g/mol. The summed E-state index contributed by atoms with van der Waals surface area (Å²) in [4.78, 5) is 68.0. The van der Waals surface area contributed by atoms with Crippen LogP contribution < -0.4 is 11.6 Å². The fourth-order valence-corrected chi connectivity index (χ4v) is 2.73. The zero-order valence-corrected chi connectivity index (χ0v) is 26.1. The number of ether oxygens (including phenoxy) is 2. The number of carbonyl (C=O) groups excluding carboxylic acids is 3. The van der Waals surface area contributed by atoms with E-state index >= 15 is 0 Å². The van der Waals surface area contributed by atoms with Crippen LogP contribution in [-0.4, -0.2) is 65.5 Å². The number of hydrogen-bond donors (Lipinski definition) is 1. The second-order valence-electron chi connectivity index (χ2n) is 7.78. The number of aliphatic carboxylic acids is 1. The molecular formula is C24H29Cl3N2O15. The van der Waals surface area contributed by atoms with Crippen LogP contribution in [0.15, 0.2) is 27.3 Å². The first-order valence-electron chi connectivity index (χ1n) is 11.7. The number of nitrogens with zero attached hydrogens (tertiary/aromatic N) is 2. The third-order valence-electron chi connectivity index (χ3n) is 4.70. The second-order valence-corrected chi connectivity index (χ2v) is 8.20. The van der Waals surface area contributed by atoms with Gasteiger partial charge in [-0.05, 0) is 38.3 Å². The van der Waals surface area contributed by atoms with Crippen LogP contribution in [0.3, 0.4) is 0 Å². The van der Waals surface area contributed by atoms with Crippen LogP contribution in [0, 0.1) is 27.1 Å². The molecule has 0 aromatic carbocycles. The van der Waals surface area contributed by atoms with Gasteiger partial charge >= 0.3 is 52.4 Å². The molecule has 0 radical (unpaired) electrons. The van der Waals surface area contributed by atoms with Gasteiger partial charge in [0.2, 0.25) is 5.24 Å². The molecule has 1 N–H and O–H groups in total. The van der Waals surface area contributed by atoms with Crippen molar-refractivity contribution in [2.24, 2.45) is 0 Å². The quantitative estimate of drug-likeness (QED) is 0.189. The Morgan fingerprint density at radius 1 is 0.750 bits per heavy atom.